The van der Waals surface area contributed by atoms with Crippen LogP contribution in [-0.4, -0.2) is 44.0 Å². The van der Waals surface area contributed by atoms with Crippen molar-refractivity contribution in [2.24, 2.45) is 0 Å². The highest BCUT2D eigenvalue weighted by molar-refractivity contribution is 7.89. The van der Waals surface area contributed by atoms with Gasteiger partial charge in [0, 0.05) is 36.4 Å². The van der Waals surface area contributed by atoms with Crippen molar-refractivity contribution >= 4 is 26.6 Å². The summed E-state index contributed by atoms with van der Waals surface area (Å²) in [5.41, 5.74) is 7.02. The fourth-order valence-corrected chi connectivity index (χ4v) is 3.34. The predicted octanol–water partition coefficient (Wildman–Crippen LogP) is 1.80. The SMILES string of the molecule is CC(C)OCCN(C)S(=O)(=O)c1c[nH]c2ccc(N)cc12. The number of nitrogens with one attached hydrogen (secondary N) is 1. The average Bonchev–Trinajstić information content (AvgIpc) is 2.81. The number of nitrogens with two attached hydrogens (primary N) is 1. The third-order valence-corrected chi connectivity index (χ3v) is 5.11. The molecule has 1 heterocycles. The minimum Gasteiger partial charge on any atom is -0.399 e. The molecule has 0 saturated heterocycles. The van der Waals surface area contributed by atoms with Crippen molar-refractivity contribution in [1.82, 2.24) is 9.29 Å². The molecular formula is C14H21N3O3S. The van der Waals surface area contributed by atoms with Crippen molar-refractivity contribution in [3.05, 3.63) is 24.4 Å². The summed E-state index contributed by atoms with van der Waals surface area (Å²) in [4.78, 5) is 3.19. The zero-order valence-electron chi connectivity index (χ0n) is 12.5. The van der Waals surface area contributed by atoms with Gasteiger partial charge in [0.25, 0.3) is 0 Å². The van der Waals surface area contributed by atoms with Crippen molar-refractivity contribution in [2.75, 3.05) is 25.9 Å². The fourth-order valence-electron chi connectivity index (χ4n) is 2.03. The molecule has 1 aromatic carbocycles. The molecule has 0 unspecified atom stereocenters. The number of benzene rings is 1. The average molecular weight is 311 g/mol. The van der Waals surface area contributed by atoms with Gasteiger partial charge >= 0.3 is 0 Å². The van der Waals surface area contributed by atoms with E-state index in [1.807, 2.05) is 13.8 Å². The van der Waals surface area contributed by atoms with Gasteiger partial charge < -0.3 is 15.5 Å². The normalized spacial score (nSPS) is 12.6. The van der Waals surface area contributed by atoms with E-state index in [1.54, 1.807) is 25.2 Å². The molecule has 0 bridgehead atoms. The Morgan fingerprint density at radius 2 is 2.10 bits per heavy atom. The maximum Gasteiger partial charge on any atom is 0.245 e. The van der Waals surface area contributed by atoms with Crippen molar-refractivity contribution in [1.29, 1.82) is 0 Å². The number of aromatic amines is 1. The second-order valence-corrected chi connectivity index (χ2v) is 7.22. The number of aromatic nitrogens is 1. The van der Waals surface area contributed by atoms with Gasteiger partial charge in [-0.2, -0.15) is 4.31 Å². The third kappa shape index (κ3) is 3.37. The first-order valence-electron chi connectivity index (χ1n) is 6.77. The van der Waals surface area contributed by atoms with Crippen LogP contribution in [0.2, 0.25) is 0 Å². The summed E-state index contributed by atoms with van der Waals surface area (Å²) in [5, 5.41) is 0.603. The Morgan fingerprint density at radius 1 is 1.38 bits per heavy atom. The van der Waals surface area contributed by atoms with E-state index in [2.05, 4.69) is 4.98 Å². The van der Waals surface area contributed by atoms with Crippen LogP contribution in [0, 0.1) is 0 Å². The Labute approximate surface area is 124 Å². The number of nitrogen functional groups attached to an aromatic ring is 1. The Morgan fingerprint density at radius 3 is 2.76 bits per heavy atom. The molecular weight excluding hydrogens is 290 g/mol. The number of H-pyrrole nitrogens is 1. The molecule has 116 valence electrons. The summed E-state index contributed by atoms with van der Waals surface area (Å²) in [6, 6.07) is 5.16. The zero-order valence-corrected chi connectivity index (χ0v) is 13.3. The largest absolute Gasteiger partial charge is 0.399 e. The van der Waals surface area contributed by atoms with Gasteiger partial charge in [0.2, 0.25) is 10.0 Å². The predicted molar refractivity (Wildman–Crippen MR) is 83.6 cm³/mol. The summed E-state index contributed by atoms with van der Waals surface area (Å²) in [6.07, 6.45) is 1.58. The molecule has 0 aliphatic heterocycles. The van der Waals surface area contributed by atoms with E-state index in [0.29, 0.717) is 24.2 Å². The van der Waals surface area contributed by atoms with Gasteiger partial charge in [0.15, 0.2) is 0 Å². The number of sulfonamides is 1. The van der Waals surface area contributed by atoms with Crippen molar-refractivity contribution < 1.29 is 13.2 Å². The lowest BCUT2D eigenvalue weighted by atomic mass is 10.2. The van der Waals surface area contributed by atoms with Crippen LogP contribution in [0.3, 0.4) is 0 Å². The summed E-state index contributed by atoms with van der Waals surface area (Å²) >= 11 is 0. The molecule has 6 nitrogen and oxygen atoms in total. The Kier molecular flexibility index (Phi) is 4.55. The smallest absolute Gasteiger partial charge is 0.245 e. The monoisotopic (exact) mass is 311 g/mol. The summed E-state index contributed by atoms with van der Waals surface area (Å²) in [7, 11) is -2.02. The van der Waals surface area contributed by atoms with E-state index >= 15 is 0 Å². The molecule has 0 aliphatic carbocycles. The van der Waals surface area contributed by atoms with Gasteiger partial charge in [0.1, 0.15) is 4.90 Å². The lowest BCUT2D eigenvalue weighted by Crippen LogP contribution is -2.30. The number of ether oxygens (including phenoxy) is 1. The van der Waals surface area contributed by atoms with Crippen LogP contribution < -0.4 is 5.73 Å². The highest BCUT2D eigenvalue weighted by Gasteiger charge is 2.24. The Balaban J connectivity index is 2.27. The molecule has 0 spiro atoms. The molecule has 0 fully saturated rings. The molecule has 1 aromatic heterocycles. The van der Waals surface area contributed by atoms with Gasteiger partial charge in [-0.05, 0) is 32.0 Å². The minimum atomic E-state index is -3.57. The highest BCUT2D eigenvalue weighted by atomic mass is 32.2. The number of fused-ring (bicyclic) bond motifs is 1. The zero-order chi connectivity index (χ0) is 15.6. The van der Waals surface area contributed by atoms with Gasteiger partial charge in [-0.15, -0.1) is 0 Å². The lowest BCUT2D eigenvalue weighted by Gasteiger charge is -2.17. The molecule has 21 heavy (non-hydrogen) atoms. The Bertz CT molecular complexity index is 722. The number of anilines is 1. The summed E-state index contributed by atoms with van der Waals surface area (Å²) < 4.78 is 31.9. The van der Waals surface area contributed by atoms with Crippen molar-refractivity contribution in [2.45, 2.75) is 24.8 Å². The van der Waals surface area contributed by atoms with Crippen molar-refractivity contribution in [3.63, 3.8) is 0 Å². The van der Waals surface area contributed by atoms with E-state index < -0.39 is 10.0 Å². The maximum atomic E-state index is 12.6. The molecule has 0 saturated carbocycles. The summed E-state index contributed by atoms with van der Waals surface area (Å²) in [5.74, 6) is 0. The second kappa shape index (κ2) is 6.05. The minimum absolute atomic E-state index is 0.0778. The van der Waals surface area contributed by atoms with Gasteiger partial charge in [-0.3, -0.25) is 0 Å². The number of hydrogen-bond acceptors (Lipinski definition) is 4. The van der Waals surface area contributed by atoms with Crippen LogP contribution >= 0.6 is 0 Å². The van der Waals surface area contributed by atoms with Crippen molar-refractivity contribution in [3.8, 4) is 0 Å². The van der Waals surface area contributed by atoms with Crippen LogP contribution in [0.15, 0.2) is 29.3 Å². The Hall–Kier alpha value is -1.57. The standard InChI is InChI=1S/C14H21N3O3S/c1-10(2)20-7-6-17(3)21(18,19)14-9-16-13-5-4-11(15)8-12(13)14/h4-5,8-10,16H,6-7,15H2,1-3H3. The van der Waals surface area contributed by atoms with E-state index in [-0.39, 0.29) is 11.0 Å². The van der Waals surface area contributed by atoms with E-state index in [9.17, 15) is 8.42 Å². The molecule has 0 atom stereocenters. The molecule has 2 aromatic rings. The second-order valence-electron chi connectivity index (χ2n) is 5.20. The summed E-state index contributed by atoms with van der Waals surface area (Å²) in [6.45, 7) is 4.49. The molecule has 0 aliphatic rings. The topological polar surface area (TPSA) is 88.4 Å². The first-order valence-corrected chi connectivity index (χ1v) is 8.21. The maximum absolute atomic E-state index is 12.6. The van der Waals surface area contributed by atoms with Gasteiger partial charge in [-0.25, -0.2) is 8.42 Å². The number of hydrogen-bond donors (Lipinski definition) is 2. The fraction of sp³-hybridized carbons (Fsp3) is 0.429. The van der Waals surface area contributed by atoms with Crippen LogP contribution in [0.5, 0.6) is 0 Å². The highest BCUT2D eigenvalue weighted by Crippen LogP contribution is 2.26. The van der Waals surface area contributed by atoms with E-state index in [1.165, 1.54) is 10.5 Å². The van der Waals surface area contributed by atoms with Crippen LogP contribution in [-0.2, 0) is 14.8 Å². The van der Waals surface area contributed by atoms with E-state index in [4.69, 9.17) is 10.5 Å². The number of likely N-dealkylation sites (N-methyl/N-ethyl adjacent to an activating group) is 1. The van der Waals surface area contributed by atoms with E-state index in [0.717, 1.165) is 5.52 Å². The number of rotatable bonds is 6. The molecule has 7 heteroatoms. The molecule has 3 N–H and O–H groups in total. The number of nitrogens with zero attached hydrogens (tertiary/aromatic N) is 1. The van der Waals surface area contributed by atoms with Crippen LogP contribution in [0.1, 0.15) is 13.8 Å². The first-order chi connectivity index (χ1) is 9.82. The van der Waals surface area contributed by atoms with Crippen LogP contribution in [0.25, 0.3) is 10.9 Å². The van der Waals surface area contributed by atoms with Crippen LogP contribution in [0.4, 0.5) is 5.69 Å². The molecule has 0 amide bonds. The molecule has 0 radical (unpaired) electrons. The van der Waals surface area contributed by atoms with Gasteiger partial charge in [-0.1, -0.05) is 0 Å². The molecule has 2 rings (SSSR count). The quantitative estimate of drug-likeness (QED) is 0.796. The lowest BCUT2D eigenvalue weighted by molar-refractivity contribution is 0.0737. The third-order valence-electron chi connectivity index (χ3n) is 3.21. The first kappa shape index (κ1) is 15.8. The van der Waals surface area contributed by atoms with Gasteiger partial charge in [0.05, 0.1) is 12.7 Å².